The first kappa shape index (κ1) is 19.7. The van der Waals surface area contributed by atoms with Crippen molar-refractivity contribution in [3.05, 3.63) is 52.5 Å². The van der Waals surface area contributed by atoms with Gasteiger partial charge in [0.25, 0.3) is 0 Å². The Morgan fingerprint density at radius 3 is 2.44 bits per heavy atom. The lowest BCUT2D eigenvalue weighted by Crippen LogP contribution is -2.08. The molecule has 0 aromatic heterocycles. The number of nitrogens with zero attached hydrogens (tertiary/aromatic N) is 1. The first-order chi connectivity index (χ1) is 11.6. The SMILES string of the molecule is CCP(=O)(Cl)c1cc(Oc2ccc(C(F)(F)F)cc2Cl)ccc1C#N. The van der Waals surface area contributed by atoms with Crippen molar-refractivity contribution in [2.45, 2.75) is 13.1 Å². The van der Waals surface area contributed by atoms with E-state index in [2.05, 4.69) is 0 Å². The van der Waals surface area contributed by atoms with E-state index >= 15 is 0 Å². The molecule has 132 valence electrons. The highest BCUT2D eigenvalue weighted by Gasteiger charge is 2.31. The molecule has 2 rings (SSSR count). The van der Waals surface area contributed by atoms with Crippen molar-refractivity contribution in [1.82, 2.24) is 0 Å². The lowest BCUT2D eigenvalue weighted by molar-refractivity contribution is -0.137. The van der Waals surface area contributed by atoms with E-state index in [0.29, 0.717) is 0 Å². The Balaban J connectivity index is 2.41. The second kappa shape index (κ2) is 7.29. The van der Waals surface area contributed by atoms with Crippen LogP contribution in [0.2, 0.25) is 5.02 Å². The van der Waals surface area contributed by atoms with Gasteiger partial charge >= 0.3 is 6.18 Å². The predicted molar refractivity (Wildman–Crippen MR) is 91.3 cm³/mol. The molecule has 0 fully saturated rings. The number of hydrogen-bond donors (Lipinski definition) is 0. The number of alkyl halides is 3. The van der Waals surface area contributed by atoms with E-state index in [-0.39, 0.29) is 33.6 Å². The molecule has 0 aliphatic carbocycles. The fourth-order valence-corrected chi connectivity index (χ4v) is 3.79. The van der Waals surface area contributed by atoms with Crippen molar-refractivity contribution < 1.29 is 22.5 Å². The third-order valence-electron chi connectivity index (χ3n) is 3.34. The molecule has 0 amide bonds. The standard InChI is InChI=1S/C16H11Cl2F3NO2P/c1-2-25(18,23)15-8-12(5-3-10(15)9-22)24-14-6-4-11(7-13(14)17)16(19,20)21/h3-8H,2H2,1H3. The third-order valence-corrected chi connectivity index (χ3v) is 6.80. The molecule has 2 aromatic rings. The maximum Gasteiger partial charge on any atom is 0.416 e. The number of benzene rings is 2. The number of hydrogen-bond acceptors (Lipinski definition) is 3. The van der Waals surface area contributed by atoms with Crippen molar-refractivity contribution in [2.75, 3.05) is 6.16 Å². The summed E-state index contributed by atoms with van der Waals surface area (Å²) in [5.41, 5.74) is -0.757. The van der Waals surface area contributed by atoms with Gasteiger partial charge in [0.05, 0.1) is 22.2 Å². The van der Waals surface area contributed by atoms with Crippen LogP contribution < -0.4 is 10.0 Å². The summed E-state index contributed by atoms with van der Waals surface area (Å²) in [4.78, 5) is 0. The minimum Gasteiger partial charge on any atom is -0.456 e. The van der Waals surface area contributed by atoms with Gasteiger partial charge in [-0.3, -0.25) is 0 Å². The molecule has 9 heteroatoms. The van der Waals surface area contributed by atoms with Crippen LogP contribution in [0.25, 0.3) is 0 Å². The number of nitriles is 1. The molecular formula is C16H11Cl2F3NO2P. The van der Waals surface area contributed by atoms with Gasteiger partial charge in [-0.15, -0.1) is 0 Å². The number of halogens is 5. The number of rotatable bonds is 4. The van der Waals surface area contributed by atoms with E-state index in [1.54, 1.807) is 6.92 Å². The van der Waals surface area contributed by atoms with Gasteiger partial charge in [0.1, 0.15) is 11.5 Å². The molecule has 2 aromatic carbocycles. The largest absolute Gasteiger partial charge is 0.456 e. The Hall–Kier alpha value is -1.67. The maximum absolute atomic E-state index is 12.7. The van der Waals surface area contributed by atoms with Crippen LogP contribution in [0.4, 0.5) is 13.2 Å². The minimum atomic E-state index is -4.52. The van der Waals surface area contributed by atoms with Crippen molar-refractivity contribution in [1.29, 1.82) is 5.26 Å². The fraction of sp³-hybridized carbons (Fsp3) is 0.188. The van der Waals surface area contributed by atoms with Gasteiger partial charge in [0.15, 0.2) is 6.49 Å². The van der Waals surface area contributed by atoms with Crippen molar-refractivity contribution in [3.63, 3.8) is 0 Å². The molecule has 1 unspecified atom stereocenters. The smallest absolute Gasteiger partial charge is 0.416 e. The Morgan fingerprint density at radius 1 is 1.24 bits per heavy atom. The van der Waals surface area contributed by atoms with Gasteiger partial charge < -0.3 is 9.30 Å². The molecule has 0 bridgehead atoms. The molecule has 0 saturated heterocycles. The topological polar surface area (TPSA) is 50.1 Å². The quantitative estimate of drug-likeness (QED) is 0.568. The summed E-state index contributed by atoms with van der Waals surface area (Å²) in [6, 6.07) is 8.71. The van der Waals surface area contributed by atoms with Crippen LogP contribution in [0.15, 0.2) is 36.4 Å². The molecule has 1 atom stereocenters. The lowest BCUT2D eigenvalue weighted by atomic mass is 10.2. The highest BCUT2D eigenvalue weighted by Crippen LogP contribution is 2.51. The van der Waals surface area contributed by atoms with Crippen LogP contribution in [0.5, 0.6) is 11.5 Å². The van der Waals surface area contributed by atoms with Crippen molar-refractivity contribution >= 4 is 34.6 Å². The molecule has 0 radical (unpaired) electrons. The molecule has 3 nitrogen and oxygen atoms in total. The van der Waals surface area contributed by atoms with E-state index in [9.17, 15) is 17.7 Å². The molecule has 0 spiro atoms. The summed E-state index contributed by atoms with van der Waals surface area (Å²) in [7, 11) is 0. The van der Waals surface area contributed by atoms with Crippen LogP contribution in [0, 0.1) is 11.3 Å². The molecule has 0 N–H and O–H groups in total. The van der Waals surface area contributed by atoms with Gasteiger partial charge in [0, 0.05) is 11.5 Å². The summed E-state index contributed by atoms with van der Waals surface area (Å²) in [5.74, 6) is 0.149. The average Bonchev–Trinajstić information content (AvgIpc) is 2.55. The van der Waals surface area contributed by atoms with E-state index < -0.39 is 18.2 Å². The third kappa shape index (κ3) is 4.49. The van der Waals surface area contributed by atoms with E-state index in [1.165, 1.54) is 18.2 Å². The highest BCUT2D eigenvalue weighted by molar-refractivity contribution is 7.95. The molecule has 0 aliphatic heterocycles. The summed E-state index contributed by atoms with van der Waals surface area (Å²) in [5, 5.41) is 9.02. The predicted octanol–water partition coefficient (Wildman–Crippen LogP) is 6.18. The average molecular weight is 408 g/mol. The first-order valence-corrected chi connectivity index (χ1v) is 10.1. The van der Waals surface area contributed by atoms with Crippen LogP contribution in [0.1, 0.15) is 18.1 Å². The van der Waals surface area contributed by atoms with E-state index in [1.807, 2.05) is 6.07 Å². The first-order valence-electron chi connectivity index (χ1n) is 6.96. The summed E-state index contributed by atoms with van der Waals surface area (Å²) >= 11 is 11.8. The maximum atomic E-state index is 12.7. The monoisotopic (exact) mass is 407 g/mol. The van der Waals surface area contributed by atoms with Crippen LogP contribution in [-0.2, 0) is 10.7 Å². The molecular weight excluding hydrogens is 397 g/mol. The van der Waals surface area contributed by atoms with E-state index in [0.717, 1.165) is 18.2 Å². The Morgan fingerprint density at radius 2 is 1.92 bits per heavy atom. The zero-order valence-electron chi connectivity index (χ0n) is 12.8. The van der Waals surface area contributed by atoms with Gasteiger partial charge in [-0.1, -0.05) is 18.5 Å². The Kier molecular flexibility index (Phi) is 5.73. The molecule has 0 aliphatic rings. The van der Waals surface area contributed by atoms with Gasteiger partial charge in [0.2, 0.25) is 0 Å². The Bertz CT molecular complexity index is 894. The minimum absolute atomic E-state index is 0.00812. The highest BCUT2D eigenvalue weighted by atomic mass is 35.7. The second-order valence-corrected chi connectivity index (χ2v) is 9.47. The van der Waals surface area contributed by atoms with Gasteiger partial charge in [-0.2, -0.15) is 18.4 Å². The van der Waals surface area contributed by atoms with Crippen molar-refractivity contribution in [2.24, 2.45) is 0 Å². The number of ether oxygens (including phenoxy) is 1. The summed E-state index contributed by atoms with van der Waals surface area (Å²) in [6.07, 6.45) is -4.39. The molecule has 25 heavy (non-hydrogen) atoms. The zero-order valence-corrected chi connectivity index (χ0v) is 15.2. The van der Waals surface area contributed by atoms with Crippen molar-refractivity contribution in [3.8, 4) is 17.6 Å². The summed E-state index contributed by atoms with van der Waals surface area (Å²) in [6.45, 7) is -1.65. The normalized spacial score (nSPS) is 13.8. The summed E-state index contributed by atoms with van der Waals surface area (Å²) < 4.78 is 55.8. The Labute approximate surface area is 152 Å². The van der Waals surface area contributed by atoms with Gasteiger partial charge in [-0.05, 0) is 47.6 Å². The lowest BCUT2D eigenvalue weighted by Gasteiger charge is -2.14. The fourth-order valence-electron chi connectivity index (χ4n) is 2.00. The van der Waals surface area contributed by atoms with Crippen LogP contribution in [0.3, 0.4) is 0 Å². The molecule has 0 saturated carbocycles. The van der Waals surface area contributed by atoms with E-state index in [4.69, 9.17) is 32.8 Å². The zero-order chi connectivity index (χ0) is 18.8. The van der Waals surface area contributed by atoms with Crippen LogP contribution >= 0.6 is 29.3 Å². The van der Waals surface area contributed by atoms with Crippen LogP contribution in [-0.4, -0.2) is 6.16 Å². The molecule has 0 heterocycles. The van der Waals surface area contributed by atoms with Gasteiger partial charge in [-0.25, -0.2) is 0 Å². The second-order valence-electron chi connectivity index (χ2n) is 5.00.